The van der Waals surface area contributed by atoms with Gasteiger partial charge in [-0.15, -0.1) is 0 Å². The highest BCUT2D eigenvalue weighted by molar-refractivity contribution is 5.98. The van der Waals surface area contributed by atoms with E-state index in [4.69, 9.17) is 4.74 Å². The van der Waals surface area contributed by atoms with Gasteiger partial charge in [-0.05, 0) is 57.8 Å². The van der Waals surface area contributed by atoms with Gasteiger partial charge in [-0.1, -0.05) is 74.5 Å². The Balaban J connectivity index is 2.02. The molecule has 0 saturated heterocycles. The first-order valence-electron chi connectivity index (χ1n) is 11.1. The summed E-state index contributed by atoms with van der Waals surface area (Å²) in [4.78, 5) is 26.7. The molecule has 0 amide bonds. The fourth-order valence-electron chi connectivity index (χ4n) is 4.25. The van der Waals surface area contributed by atoms with Crippen LogP contribution in [0.5, 0.6) is 0 Å². The van der Waals surface area contributed by atoms with E-state index in [1.807, 2.05) is 46.9 Å². The van der Waals surface area contributed by atoms with Crippen molar-refractivity contribution >= 4 is 11.8 Å². The van der Waals surface area contributed by atoms with Gasteiger partial charge >= 0.3 is 5.97 Å². The van der Waals surface area contributed by atoms with E-state index >= 15 is 0 Å². The molecule has 0 aliphatic rings. The maximum absolute atomic E-state index is 12.6. The van der Waals surface area contributed by atoms with Crippen LogP contribution in [-0.2, 0) is 14.3 Å². The van der Waals surface area contributed by atoms with E-state index in [0.29, 0.717) is 12.5 Å². The molecular formula is C27H37NO3. The molecule has 4 heteroatoms. The van der Waals surface area contributed by atoms with Gasteiger partial charge in [0, 0.05) is 12.5 Å². The summed E-state index contributed by atoms with van der Waals surface area (Å²) >= 11 is 0. The number of Topliss-reactive ketones (excluding diaryl/α,β-unsaturated/α-hetero) is 1. The van der Waals surface area contributed by atoms with Crippen LogP contribution >= 0.6 is 0 Å². The Labute approximate surface area is 187 Å². The molecular weight excluding hydrogens is 386 g/mol. The maximum atomic E-state index is 12.6. The third-order valence-corrected chi connectivity index (χ3v) is 5.59. The second-order valence-electron chi connectivity index (χ2n) is 9.41. The number of carbonyl (C=O) groups excluding carboxylic acids is 2. The molecule has 0 aliphatic carbocycles. The molecule has 0 aliphatic heterocycles. The number of nitrogens with zero attached hydrogens (tertiary/aromatic N) is 1. The van der Waals surface area contributed by atoms with Crippen molar-refractivity contribution in [2.45, 2.75) is 52.6 Å². The second-order valence-corrected chi connectivity index (χ2v) is 9.41. The topological polar surface area (TPSA) is 46.6 Å². The predicted octanol–water partition coefficient (Wildman–Crippen LogP) is 5.32. The number of rotatable bonds is 11. The molecule has 0 saturated carbocycles. The van der Waals surface area contributed by atoms with E-state index in [2.05, 4.69) is 53.4 Å². The van der Waals surface area contributed by atoms with E-state index < -0.39 is 17.5 Å². The molecule has 0 aromatic heterocycles. The summed E-state index contributed by atoms with van der Waals surface area (Å²) in [6.45, 7) is 10.5. The molecule has 168 valence electrons. The molecule has 2 rings (SSSR count). The molecule has 0 spiro atoms. The monoisotopic (exact) mass is 423 g/mol. The molecule has 0 fully saturated rings. The standard InChI is InChI=1S/C27H37NO3/c1-20(2)25(21(3)29)26(30)31-27(4,5)19-28(6)18-17-24(22-13-9-7-10-14-22)23-15-11-8-12-16-23/h7-16,20,24-25H,17-19H2,1-6H3. The largest absolute Gasteiger partial charge is 0.458 e. The zero-order valence-corrected chi connectivity index (χ0v) is 19.8. The minimum atomic E-state index is -0.704. The number of carbonyl (C=O) groups is 2. The second kappa shape index (κ2) is 11.2. The lowest BCUT2D eigenvalue weighted by Crippen LogP contribution is -2.43. The summed E-state index contributed by atoms with van der Waals surface area (Å²) in [6, 6.07) is 21.1. The van der Waals surface area contributed by atoms with E-state index in [1.54, 1.807) is 0 Å². The summed E-state index contributed by atoms with van der Waals surface area (Å²) in [5.41, 5.74) is 1.92. The van der Waals surface area contributed by atoms with Gasteiger partial charge in [0.05, 0.1) is 0 Å². The summed E-state index contributed by atoms with van der Waals surface area (Å²) in [5.74, 6) is -1.04. The van der Waals surface area contributed by atoms with Crippen LogP contribution in [0.15, 0.2) is 60.7 Å². The molecule has 2 aromatic rings. The van der Waals surface area contributed by atoms with Gasteiger partial charge in [-0.25, -0.2) is 0 Å². The third-order valence-electron chi connectivity index (χ3n) is 5.59. The van der Waals surface area contributed by atoms with Crippen LogP contribution in [0, 0.1) is 11.8 Å². The van der Waals surface area contributed by atoms with Crippen molar-refractivity contribution in [3.63, 3.8) is 0 Å². The predicted molar refractivity (Wildman–Crippen MR) is 126 cm³/mol. The van der Waals surface area contributed by atoms with Gasteiger partial charge in [-0.2, -0.15) is 0 Å². The number of likely N-dealkylation sites (N-methyl/N-ethyl adjacent to an activating group) is 1. The van der Waals surface area contributed by atoms with Crippen molar-refractivity contribution in [3.8, 4) is 0 Å². The summed E-state index contributed by atoms with van der Waals surface area (Å²) < 4.78 is 5.77. The van der Waals surface area contributed by atoms with Crippen LogP contribution in [0.2, 0.25) is 0 Å². The van der Waals surface area contributed by atoms with Crippen molar-refractivity contribution in [3.05, 3.63) is 71.8 Å². The van der Waals surface area contributed by atoms with Crippen LogP contribution in [0.25, 0.3) is 0 Å². The highest BCUT2D eigenvalue weighted by atomic mass is 16.6. The van der Waals surface area contributed by atoms with Crippen LogP contribution in [0.1, 0.15) is 58.1 Å². The Hall–Kier alpha value is -2.46. The number of ketones is 1. The third kappa shape index (κ3) is 7.62. The number of benzene rings is 2. The molecule has 2 aromatic carbocycles. The smallest absolute Gasteiger partial charge is 0.317 e. The lowest BCUT2D eigenvalue weighted by Gasteiger charge is -2.32. The van der Waals surface area contributed by atoms with Crippen molar-refractivity contribution in [1.29, 1.82) is 0 Å². The van der Waals surface area contributed by atoms with Crippen molar-refractivity contribution < 1.29 is 14.3 Å². The zero-order valence-electron chi connectivity index (χ0n) is 19.8. The lowest BCUT2D eigenvalue weighted by atomic mass is 9.88. The van der Waals surface area contributed by atoms with E-state index in [0.717, 1.165) is 13.0 Å². The minimum absolute atomic E-state index is 0.0731. The summed E-state index contributed by atoms with van der Waals surface area (Å²) in [6.07, 6.45) is 0.955. The van der Waals surface area contributed by atoms with E-state index in [9.17, 15) is 9.59 Å². The van der Waals surface area contributed by atoms with Crippen LogP contribution < -0.4 is 0 Å². The Bertz CT molecular complexity index is 791. The Kier molecular flexibility index (Phi) is 9.00. The van der Waals surface area contributed by atoms with Crippen molar-refractivity contribution in [2.75, 3.05) is 20.1 Å². The minimum Gasteiger partial charge on any atom is -0.458 e. The Morgan fingerprint density at radius 2 is 1.42 bits per heavy atom. The van der Waals surface area contributed by atoms with Gasteiger partial charge in [0.1, 0.15) is 17.3 Å². The van der Waals surface area contributed by atoms with Gasteiger partial charge in [0.25, 0.3) is 0 Å². The van der Waals surface area contributed by atoms with Crippen LogP contribution in [0.4, 0.5) is 0 Å². The first kappa shape index (κ1) is 24.8. The average Bonchev–Trinajstić information content (AvgIpc) is 2.68. The Morgan fingerprint density at radius 3 is 1.84 bits per heavy atom. The van der Waals surface area contributed by atoms with Gasteiger partial charge in [-0.3, -0.25) is 9.59 Å². The molecule has 0 radical (unpaired) electrons. The summed E-state index contributed by atoms with van der Waals surface area (Å²) in [5, 5.41) is 0. The van der Waals surface area contributed by atoms with E-state index in [1.165, 1.54) is 18.1 Å². The van der Waals surface area contributed by atoms with Crippen LogP contribution in [-0.4, -0.2) is 42.4 Å². The highest BCUT2D eigenvalue weighted by Gasteiger charge is 2.33. The number of esters is 1. The summed E-state index contributed by atoms with van der Waals surface area (Å²) in [7, 11) is 2.05. The van der Waals surface area contributed by atoms with E-state index in [-0.39, 0.29) is 11.7 Å². The molecule has 0 heterocycles. The quantitative estimate of drug-likeness (QED) is 0.362. The molecule has 1 unspecified atom stereocenters. The first-order chi connectivity index (χ1) is 14.6. The lowest BCUT2D eigenvalue weighted by molar-refractivity contribution is -0.166. The van der Waals surface area contributed by atoms with Gasteiger partial charge in [0.15, 0.2) is 0 Å². The number of hydrogen-bond donors (Lipinski definition) is 0. The molecule has 1 atom stereocenters. The molecule has 0 N–H and O–H groups in total. The fourth-order valence-corrected chi connectivity index (χ4v) is 4.25. The first-order valence-corrected chi connectivity index (χ1v) is 11.1. The fraction of sp³-hybridized carbons (Fsp3) is 0.481. The zero-order chi connectivity index (χ0) is 23.0. The van der Waals surface area contributed by atoms with Gasteiger partial charge < -0.3 is 9.64 Å². The van der Waals surface area contributed by atoms with Gasteiger partial charge in [0.2, 0.25) is 0 Å². The number of hydrogen-bond acceptors (Lipinski definition) is 4. The number of ether oxygens (including phenoxy) is 1. The van der Waals surface area contributed by atoms with Crippen molar-refractivity contribution in [1.82, 2.24) is 4.90 Å². The average molecular weight is 424 g/mol. The molecule has 4 nitrogen and oxygen atoms in total. The maximum Gasteiger partial charge on any atom is 0.317 e. The Morgan fingerprint density at radius 1 is 0.935 bits per heavy atom. The molecule has 31 heavy (non-hydrogen) atoms. The van der Waals surface area contributed by atoms with Crippen LogP contribution in [0.3, 0.4) is 0 Å². The highest BCUT2D eigenvalue weighted by Crippen LogP contribution is 2.28. The molecule has 0 bridgehead atoms. The normalized spacial score (nSPS) is 12.9. The SMILES string of the molecule is CC(=O)C(C(=O)OC(C)(C)CN(C)CCC(c1ccccc1)c1ccccc1)C(C)C. The van der Waals surface area contributed by atoms with Crippen molar-refractivity contribution in [2.24, 2.45) is 11.8 Å².